The smallest absolute Gasteiger partial charge is 0.320 e. The molecule has 2 aliphatic rings. The predicted molar refractivity (Wildman–Crippen MR) is 59.1 cm³/mol. The summed E-state index contributed by atoms with van der Waals surface area (Å²) in [5.41, 5.74) is 0. The Kier molecular flexibility index (Phi) is 3.79. The summed E-state index contributed by atoms with van der Waals surface area (Å²) < 4.78 is 12.5. The third kappa shape index (κ3) is 2.21. The molecule has 0 aromatic carbocycles. The van der Waals surface area contributed by atoms with Crippen molar-refractivity contribution in [2.45, 2.75) is 50.6 Å². The van der Waals surface area contributed by atoms with Gasteiger partial charge >= 0.3 is 5.97 Å². The van der Waals surface area contributed by atoms with Crippen molar-refractivity contribution in [3.63, 3.8) is 0 Å². The van der Waals surface area contributed by atoms with E-state index in [1.54, 1.807) is 0 Å². The third-order valence-corrected chi connectivity index (χ3v) is 4.13. The van der Waals surface area contributed by atoms with Crippen LogP contribution < -0.4 is 0 Å². The van der Waals surface area contributed by atoms with Crippen LogP contribution in [0.5, 0.6) is 0 Å². The van der Waals surface area contributed by atoms with E-state index >= 15 is 0 Å². The Morgan fingerprint density at radius 3 is 2.69 bits per heavy atom. The van der Waals surface area contributed by atoms with Crippen LogP contribution in [0.4, 0.5) is 4.39 Å². The molecule has 1 N–H and O–H groups in total. The highest BCUT2D eigenvalue weighted by Crippen LogP contribution is 2.37. The predicted octanol–water partition coefficient (Wildman–Crippen LogP) is 2.06. The summed E-state index contributed by atoms with van der Waals surface area (Å²) in [5.74, 6) is -0.173. The summed E-state index contributed by atoms with van der Waals surface area (Å²) in [6.07, 6.45) is 6.35. The van der Waals surface area contributed by atoms with E-state index in [-0.39, 0.29) is 6.54 Å². The van der Waals surface area contributed by atoms with E-state index in [4.69, 9.17) is 5.11 Å². The largest absolute Gasteiger partial charge is 0.480 e. The number of aliphatic carboxylic acids is 1. The van der Waals surface area contributed by atoms with Gasteiger partial charge in [0.05, 0.1) is 0 Å². The molecule has 2 fully saturated rings. The quantitative estimate of drug-likeness (QED) is 0.805. The third-order valence-electron chi connectivity index (χ3n) is 4.13. The SMILES string of the molecule is O=C(O)C1CCC2CCCCC2N1CCF. The number of halogens is 1. The second-order valence-electron chi connectivity index (χ2n) is 4.97. The summed E-state index contributed by atoms with van der Waals surface area (Å²) >= 11 is 0. The van der Waals surface area contributed by atoms with Gasteiger partial charge in [-0.15, -0.1) is 0 Å². The molecule has 3 atom stereocenters. The fourth-order valence-electron chi connectivity index (χ4n) is 3.41. The van der Waals surface area contributed by atoms with Crippen LogP contribution in [0, 0.1) is 5.92 Å². The molecule has 1 saturated heterocycles. The van der Waals surface area contributed by atoms with Gasteiger partial charge in [-0.05, 0) is 31.6 Å². The van der Waals surface area contributed by atoms with Gasteiger partial charge in [0.25, 0.3) is 0 Å². The zero-order valence-electron chi connectivity index (χ0n) is 9.57. The first-order valence-electron chi connectivity index (χ1n) is 6.28. The van der Waals surface area contributed by atoms with Crippen molar-refractivity contribution in [2.75, 3.05) is 13.2 Å². The summed E-state index contributed by atoms with van der Waals surface area (Å²) in [6, 6.07) is -0.130. The number of fused-ring (bicyclic) bond motifs is 1. The monoisotopic (exact) mass is 229 g/mol. The summed E-state index contributed by atoms with van der Waals surface area (Å²) in [5, 5.41) is 9.16. The molecule has 16 heavy (non-hydrogen) atoms. The number of hydrogen-bond acceptors (Lipinski definition) is 2. The van der Waals surface area contributed by atoms with Gasteiger partial charge in [-0.1, -0.05) is 12.8 Å². The van der Waals surface area contributed by atoms with Crippen LogP contribution >= 0.6 is 0 Å². The van der Waals surface area contributed by atoms with Crippen molar-refractivity contribution in [1.82, 2.24) is 4.90 Å². The molecule has 0 aromatic heterocycles. The Balaban J connectivity index is 2.10. The van der Waals surface area contributed by atoms with Gasteiger partial charge in [-0.3, -0.25) is 9.69 Å². The van der Waals surface area contributed by atoms with Crippen molar-refractivity contribution >= 4 is 5.97 Å². The molecule has 1 heterocycles. The van der Waals surface area contributed by atoms with Crippen molar-refractivity contribution in [2.24, 2.45) is 5.92 Å². The van der Waals surface area contributed by atoms with Gasteiger partial charge in [0, 0.05) is 12.6 Å². The van der Waals surface area contributed by atoms with Crippen LogP contribution in [-0.2, 0) is 4.79 Å². The maximum Gasteiger partial charge on any atom is 0.320 e. The second-order valence-corrected chi connectivity index (χ2v) is 4.97. The van der Waals surface area contributed by atoms with Crippen LogP contribution in [-0.4, -0.2) is 41.3 Å². The number of likely N-dealkylation sites (tertiary alicyclic amines) is 1. The molecule has 4 heteroatoms. The average molecular weight is 229 g/mol. The highest BCUT2D eigenvalue weighted by molar-refractivity contribution is 5.73. The molecule has 1 aliphatic carbocycles. The van der Waals surface area contributed by atoms with Gasteiger partial charge in [-0.25, -0.2) is 4.39 Å². The number of hydrogen-bond donors (Lipinski definition) is 1. The van der Waals surface area contributed by atoms with Crippen LogP contribution in [0.2, 0.25) is 0 Å². The lowest BCUT2D eigenvalue weighted by Gasteiger charge is -2.46. The topological polar surface area (TPSA) is 40.5 Å². The van der Waals surface area contributed by atoms with Gasteiger partial charge < -0.3 is 5.11 Å². The van der Waals surface area contributed by atoms with E-state index in [1.165, 1.54) is 12.8 Å². The van der Waals surface area contributed by atoms with Crippen LogP contribution in [0.25, 0.3) is 0 Å². The molecule has 1 aliphatic heterocycles. The Morgan fingerprint density at radius 1 is 1.25 bits per heavy atom. The van der Waals surface area contributed by atoms with Gasteiger partial charge in [0.15, 0.2) is 0 Å². The van der Waals surface area contributed by atoms with E-state index < -0.39 is 18.7 Å². The molecule has 1 saturated carbocycles. The minimum atomic E-state index is -0.780. The van der Waals surface area contributed by atoms with Gasteiger partial charge in [0.1, 0.15) is 12.7 Å². The number of carboxylic acids is 1. The molecule has 0 radical (unpaired) electrons. The molecule has 0 aromatic rings. The zero-order chi connectivity index (χ0) is 11.5. The molecule has 0 spiro atoms. The Hall–Kier alpha value is -0.640. The number of carbonyl (C=O) groups is 1. The lowest BCUT2D eigenvalue weighted by atomic mass is 9.76. The molecular weight excluding hydrogens is 209 g/mol. The number of carboxylic acid groups (broad SMARTS) is 1. The van der Waals surface area contributed by atoms with Crippen molar-refractivity contribution in [3.05, 3.63) is 0 Å². The lowest BCUT2D eigenvalue weighted by molar-refractivity contribution is -0.148. The van der Waals surface area contributed by atoms with Crippen LogP contribution in [0.1, 0.15) is 38.5 Å². The Morgan fingerprint density at radius 2 is 2.00 bits per heavy atom. The van der Waals surface area contributed by atoms with E-state index in [9.17, 15) is 9.18 Å². The fraction of sp³-hybridized carbons (Fsp3) is 0.917. The minimum absolute atomic E-state index is 0.290. The summed E-state index contributed by atoms with van der Waals surface area (Å²) in [4.78, 5) is 13.1. The van der Waals surface area contributed by atoms with Crippen molar-refractivity contribution in [1.29, 1.82) is 0 Å². The van der Waals surface area contributed by atoms with E-state index in [0.717, 1.165) is 19.3 Å². The van der Waals surface area contributed by atoms with E-state index in [0.29, 0.717) is 18.4 Å². The standard InChI is InChI=1S/C12H20FNO2/c13-7-8-14-10-4-2-1-3-9(10)5-6-11(14)12(15)16/h9-11H,1-8H2,(H,15,16). The normalized spacial score (nSPS) is 35.7. The number of piperidine rings is 1. The zero-order valence-corrected chi connectivity index (χ0v) is 9.57. The molecule has 3 unspecified atom stereocenters. The molecule has 0 bridgehead atoms. The van der Waals surface area contributed by atoms with Gasteiger partial charge in [-0.2, -0.15) is 0 Å². The Bertz CT molecular complexity index is 259. The first-order chi connectivity index (χ1) is 7.74. The first kappa shape index (κ1) is 11.8. The number of alkyl halides is 1. The average Bonchev–Trinajstić information content (AvgIpc) is 2.29. The Labute approximate surface area is 95.6 Å². The summed E-state index contributed by atoms with van der Waals surface area (Å²) in [7, 11) is 0. The highest BCUT2D eigenvalue weighted by Gasteiger charge is 2.40. The lowest BCUT2D eigenvalue weighted by Crippen LogP contribution is -2.55. The fourth-order valence-corrected chi connectivity index (χ4v) is 3.41. The molecule has 92 valence electrons. The molecule has 3 nitrogen and oxygen atoms in total. The van der Waals surface area contributed by atoms with Crippen molar-refractivity contribution < 1.29 is 14.3 Å². The van der Waals surface area contributed by atoms with Crippen molar-refractivity contribution in [3.8, 4) is 0 Å². The molecular formula is C12H20FNO2. The molecule has 2 rings (SSSR count). The van der Waals surface area contributed by atoms with Crippen LogP contribution in [0.15, 0.2) is 0 Å². The summed E-state index contributed by atoms with van der Waals surface area (Å²) in [6.45, 7) is -0.148. The number of nitrogens with zero attached hydrogens (tertiary/aromatic N) is 1. The van der Waals surface area contributed by atoms with E-state index in [2.05, 4.69) is 0 Å². The highest BCUT2D eigenvalue weighted by atomic mass is 19.1. The second kappa shape index (κ2) is 5.13. The van der Waals surface area contributed by atoms with Gasteiger partial charge in [0.2, 0.25) is 0 Å². The number of rotatable bonds is 3. The maximum absolute atomic E-state index is 12.5. The van der Waals surface area contributed by atoms with E-state index in [1.807, 2.05) is 4.90 Å². The maximum atomic E-state index is 12.5. The first-order valence-corrected chi connectivity index (χ1v) is 6.28. The molecule has 0 amide bonds. The van der Waals surface area contributed by atoms with Crippen LogP contribution in [0.3, 0.4) is 0 Å². The minimum Gasteiger partial charge on any atom is -0.480 e.